The summed E-state index contributed by atoms with van der Waals surface area (Å²) in [5.41, 5.74) is -1.29. The first kappa shape index (κ1) is 27.5. The van der Waals surface area contributed by atoms with Crippen LogP contribution in [0.4, 0.5) is 13.2 Å². The Morgan fingerprint density at radius 3 is 2.49 bits per heavy atom. The summed E-state index contributed by atoms with van der Waals surface area (Å²) in [4.78, 5) is 31.1. The number of nitrogens with zero attached hydrogens (tertiary/aromatic N) is 3. The van der Waals surface area contributed by atoms with Crippen LogP contribution in [0.15, 0.2) is 40.6 Å². The van der Waals surface area contributed by atoms with Gasteiger partial charge in [0.1, 0.15) is 17.8 Å². The number of rotatable bonds is 4. The lowest BCUT2D eigenvalue weighted by atomic mass is 9.97. The highest BCUT2D eigenvalue weighted by atomic mass is 35.5. The van der Waals surface area contributed by atoms with Gasteiger partial charge in [-0.1, -0.05) is 46.8 Å². The van der Waals surface area contributed by atoms with Crippen molar-refractivity contribution < 1.29 is 18.0 Å². The fraction of sp³-hybridized carbons (Fsp3) is 0.320. The second-order valence-corrected chi connectivity index (χ2v) is 10.5. The molecule has 0 aliphatic carbocycles. The number of benzene rings is 1. The van der Waals surface area contributed by atoms with Gasteiger partial charge in [-0.2, -0.15) is 13.2 Å². The summed E-state index contributed by atoms with van der Waals surface area (Å²) in [5.74, 6) is 5.77. The van der Waals surface area contributed by atoms with Crippen LogP contribution in [-0.4, -0.2) is 33.4 Å². The van der Waals surface area contributed by atoms with Gasteiger partial charge in [-0.15, -0.1) is 11.3 Å². The molecule has 0 saturated carbocycles. The highest BCUT2D eigenvalue weighted by Gasteiger charge is 2.35. The molecule has 0 radical (unpaired) electrons. The van der Waals surface area contributed by atoms with Gasteiger partial charge in [-0.3, -0.25) is 9.59 Å². The Bertz CT molecular complexity index is 1410. The van der Waals surface area contributed by atoms with Crippen LogP contribution in [0, 0.1) is 11.8 Å². The standard InChI is InChI=1S/C25H19Cl3F3N3O2S/c26-16-11-19(25(29,30)31)24(36)34(12-16)13-22(35)33-9-7-15(8-10-33)23-32-17(14-37-23)3-1-4-18-20(27)5-2-6-21(18)28/h2,5-6,11-12,14-15H,4,7-10,13H2. The molecule has 1 aromatic carbocycles. The van der Waals surface area contributed by atoms with E-state index in [1.54, 1.807) is 23.1 Å². The second-order valence-electron chi connectivity index (χ2n) is 8.41. The maximum Gasteiger partial charge on any atom is 0.421 e. The molecule has 1 amide bonds. The van der Waals surface area contributed by atoms with Crippen molar-refractivity contribution in [3.8, 4) is 11.8 Å². The average molecular weight is 589 g/mol. The smallest absolute Gasteiger partial charge is 0.341 e. The fourth-order valence-electron chi connectivity index (χ4n) is 4.00. The fourth-order valence-corrected chi connectivity index (χ4v) is 5.68. The normalized spacial score (nSPS) is 14.4. The predicted molar refractivity (Wildman–Crippen MR) is 138 cm³/mol. The number of hydrogen-bond acceptors (Lipinski definition) is 4. The number of carbonyl (C=O) groups is 1. The van der Waals surface area contributed by atoms with E-state index in [0.717, 1.165) is 16.8 Å². The number of aromatic nitrogens is 2. The minimum atomic E-state index is -4.86. The minimum Gasteiger partial charge on any atom is -0.341 e. The number of amides is 1. The molecule has 2 aromatic heterocycles. The van der Waals surface area contributed by atoms with Crippen LogP contribution < -0.4 is 5.56 Å². The molecule has 0 atom stereocenters. The van der Waals surface area contributed by atoms with Gasteiger partial charge in [0.25, 0.3) is 5.56 Å². The molecular formula is C25H19Cl3F3N3O2S. The Balaban J connectivity index is 1.35. The van der Waals surface area contributed by atoms with E-state index < -0.39 is 29.8 Å². The summed E-state index contributed by atoms with van der Waals surface area (Å²) in [6.45, 7) is 0.284. The van der Waals surface area contributed by atoms with E-state index in [2.05, 4.69) is 16.8 Å². The van der Waals surface area contributed by atoms with Gasteiger partial charge in [-0.05, 0) is 37.0 Å². The van der Waals surface area contributed by atoms with E-state index in [1.807, 2.05) is 5.38 Å². The molecule has 3 heterocycles. The molecule has 1 aliphatic rings. The first-order chi connectivity index (χ1) is 17.5. The Labute approximate surface area is 229 Å². The Hall–Kier alpha value is -2.51. The number of likely N-dealkylation sites (tertiary alicyclic amines) is 1. The third-order valence-corrected chi connectivity index (χ3v) is 7.85. The van der Waals surface area contributed by atoms with Crippen LogP contribution in [0.3, 0.4) is 0 Å². The van der Waals surface area contributed by atoms with Crippen molar-refractivity contribution in [2.24, 2.45) is 0 Å². The molecule has 1 fully saturated rings. The van der Waals surface area contributed by atoms with E-state index in [9.17, 15) is 22.8 Å². The van der Waals surface area contributed by atoms with E-state index >= 15 is 0 Å². The summed E-state index contributed by atoms with van der Waals surface area (Å²) in [6, 6.07) is 5.86. The Morgan fingerprint density at radius 2 is 1.84 bits per heavy atom. The van der Waals surface area contributed by atoms with E-state index in [4.69, 9.17) is 34.8 Å². The minimum absolute atomic E-state index is 0.133. The van der Waals surface area contributed by atoms with Crippen LogP contribution in [-0.2, 0) is 23.9 Å². The summed E-state index contributed by atoms with van der Waals surface area (Å²) in [7, 11) is 0. The van der Waals surface area contributed by atoms with Crippen molar-refractivity contribution in [2.75, 3.05) is 13.1 Å². The number of pyridine rings is 1. The van der Waals surface area contributed by atoms with Crippen molar-refractivity contribution in [1.82, 2.24) is 14.5 Å². The lowest BCUT2D eigenvalue weighted by Gasteiger charge is -2.31. The molecule has 0 unspecified atom stereocenters. The zero-order chi connectivity index (χ0) is 26.7. The van der Waals surface area contributed by atoms with Crippen LogP contribution >= 0.6 is 46.1 Å². The van der Waals surface area contributed by atoms with Gasteiger partial charge < -0.3 is 9.47 Å². The molecule has 37 heavy (non-hydrogen) atoms. The largest absolute Gasteiger partial charge is 0.421 e. The highest BCUT2D eigenvalue weighted by molar-refractivity contribution is 7.09. The molecule has 1 saturated heterocycles. The lowest BCUT2D eigenvalue weighted by molar-refractivity contribution is -0.139. The molecule has 12 heteroatoms. The summed E-state index contributed by atoms with van der Waals surface area (Å²) in [6.07, 6.45) is -2.14. The molecule has 4 rings (SSSR count). The van der Waals surface area contributed by atoms with E-state index in [0.29, 0.717) is 58.7 Å². The first-order valence-electron chi connectivity index (χ1n) is 11.1. The van der Waals surface area contributed by atoms with Crippen LogP contribution in [0.2, 0.25) is 15.1 Å². The third-order valence-electron chi connectivity index (χ3n) is 5.93. The van der Waals surface area contributed by atoms with Crippen molar-refractivity contribution in [2.45, 2.75) is 37.9 Å². The summed E-state index contributed by atoms with van der Waals surface area (Å²) in [5, 5.41) is 3.63. The maximum absolute atomic E-state index is 13.1. The molecule has 0 spiro atoms. The lowest BCUT2D eigenvalue weighted by Crippen LogP contribution is -2.41. The Morgan fingerprint density at radius 1 is 1.16 bits per heavy atom. The second kappa shape index (κ2) is 11.5. The first-order valence-corrected chi connectivity index (χ1v) is 13.2. The molecule has 0 N–H and O–H groups in total. The van der Waals surface area contributed by atoms with Gasteiger partial charge in [0.2, 0.25) is 5.91 Å². The van der Waals surface area contributed by atoms with Gasteiger partial charge >= 0.3 is 6.18 Å². The molecule has 194 valence electrons. The molecule has 1 aliphatic heterocycles. The number of alkyl halides is 3. The van der Waals surface area contributed by atoms with Crippen molar-refractivity contribution in [3.63, 3.8) is 0 Å². The van der Waals surface area contributed by atoms with Gasteiger partial charge in [0.15, 0.2) is 0 Å². The number of hydrogen-bond donors (Lipinski definition) is 0. The molecule has 5 nitrogen and oxygen atoms in total. The van der Waals surface area contributed by atoms with Gasteiger partial charge in [0, 0.05) is 52.6 Å². The summed E-state index contributed by atoms with van der Waals surface area (Å²) < 4.78 is 40.0. The molecule has 3 aromatic rings. The Kier molecular flexibility index (Phi) is 8.54. The molecular weight excluding hydrogens is 570 g/mol. The van der Waals surface area contributed by atoms with Crippen molar-refractivity contribution in [3.05, 3.63) is 83.1 Å². The zero-order valence-corrected chi connectivity index (χ0v) is 22.2. The van der Waals surface area contributed by atoms with Crippen LogP contribution in [0.5, 0.6) is 0 Å². The predicted octanol–water partition coefficient (Wildman–Crippen LogP) is 6.28. The van der Waals surface area contributed by atoms with Crippen LogP contribution in [0.1, 0.15) is 40.6 Å². The van der Waals surface area contributed by atoms with Gasteiger partial charge in [-0.25, -0.2) is 4.98 Å². The third kappa shape index (κ3) is 6.68. The SMILES string of the molecule is O=C(Cn1cc(Cl)cc(C(F)(F)F)c1=O)N1CCC(c2nc(C#CCc3c(Cl)cccc3Cl)cs2)CC1. The highest BCUT2D eigenvalue weighted by Crippen LogP contribution is 2.31. The van der Waals surface area contributed by atoms with E-state index in [-0.39, 0.29) is 10.9 Å². The number of carbonyl (C=O) groups excluding carboxylic acids is 1. The molecule has 0 bridgehead atoms. The quantitative estimate of drug-likeness (QED) is 0.337. The van der Waals surface area contributed by atoms with Gasteiger partial charge in [0.05, 0.1) is 10.0 Å². The van der Waals surface area contributed by atoms with Crippen LogP contribution in [0.25, 0.3) is 0 Å². The maximum atomic E-state index is 13.1. The van der Waals surface area contributed by atoms with Crippen molar-refractivity contribution in [1.29, 1.82) is 0 Å². The number of thiazole rings is 1. The topological polar surface area (TPSA) is 55.2 Å². The number of piperidine rings is 1. The van der Waals surface area contributed by atoms with Crippen molar-refractivity contribution >= 4 is 52.0 Å². The number of halogens is 6. The zero-order valence-electron chi connectivity index (χ0n) is 19.1. The monoisotopic (exact) mass is 587 g/mol. The van der Waals surface area contributed by atoms with E-state index in [1.165, 1.54) is 11.3 Å². The average Bonchev–Trinajstić information content (AvgIpc) is 3.31. The summed E-state index contributed by atoms with van der Waals surface area (Å²) >= 11 is 19.6.